The van der Waals surface area contributed by atoms with Gasteiger partial charge in [0.2, 0.25) is 0 Å². The van der Waals surface area contributed by atoms with Gasteiger partial charge in [-0.3, -0.25) is 9.48 Å². The maximum atomic E-state index is 11.8. The van der Waals surface area contributed by atoms with E-state index in [2.05, 4.69) is 47.6 Å². The molecule has 0 radical (unpaired) electrons. The van der Waals surface area contributed by atoms with E-state index >= 15 is 0 Å². The first-order valence-corrected chi connectivity index (χ1v) is 9.68. The van der Waals surface area contributed by atoms with Crippen LogP contribution in [0.3, 0.4) is 0 Å². The molecule has 2 rings (SSSR count). The van der Waals surface area contributed by atoms with Crippen LogP contribution in [0.5, 0.6) is 0 Å². The Hall–Kier alpha value is -2.10. The monoisotopic (exact) mass is 512 g/mol. The standard InChI is InChI=1S/C21H32N6O.HI/c1-7-23-21(24-12-16-9-8-10-17(11-16)20(28)22-4)26(5)13-18-14-27(6)25-19(18)15(2)3;/h8-11,14-15H,7,12-13H2,1-6H3,(H,22,28)(H,23,24);1H. The molecule has 0 spiro atoms. The van der Waals surface area contributed by atoms with Crippen molar-refractivity contribution in [3.05, 3.63) is 52.8 Å². The topological polar surface area (TPSA) is 74.6 Å². The van der Waals surface area contributed by atoms with Gasteiger partial charge in [0.05, 0.1) is 12.2 Å². The number of hydrogen-bond donors (Lipinski definition) is 2. The van der Waals surface area contributed by atoms with Crippen molar-refractivity contribution in [1.82, 2.24) is 25.3 Å². The molecule has 0 atom stereocenters. The van der Waals surface area contributed by atoms with Crippen molar-refractivity contribution in [1.29, 1.82) is 0 Å². The van der Waals surface area contributed by atoms with E-state index in [0.717, 1.165) is 30.3 Å². The molecule has 1 aromatic heterocycles. The van der Waals surface area contributed by atoms with Crippen molar-refractivity contribution >= 4 is 35.8 Å². The molecule has 2 aromatic rings. The summed E-state index contributed by atoms with van der Waals surface area (Å²) in [5.41, 5.74) is 3.95. The van der Waals surface area contributed by atoms with E-state index < -0.39 is 0 Å². The molecule has 8 heteroatoms. The fourth-order valence-electron chi connectivity index (χ4n) is 3.08. The van der Waals surface area contributed by atoms with Crippen LogP contribution in [0.1, 0.15) is 53.9 Å². The highest BCUT2D eigenvalue weighted by Gasteiger charge is 2.15. The molecule has 0 saturated heterocycles. The molecule has 0 aliphatic carbocycles. The lowest BCUT2D eigenvalue weighted by Crippen LogP contribution is -2.38. The van der Waals surface area contributed by atoms with Gasteiger partial charge in [-0.1, -0.05) is 26.0 Å². The Bertz CT molecular complexity index is 830. The lowest BCUT2D eigenvalue weighted by Gasteiger charge is -2.22. The Morgan fingerprint density at radius 3 is 2.69 bits per heavy atom. The van der Waals surface area contributed by atoms with Crippen LogP contribution in [0.15, 0.2) is 35.5 Å². The molecular formula is C21H33IN6O. The molecule has 7 nitrogen and oxygen atoms in total. The number of halogens is 1. The summed E-state index contributed by atoms with van der Waals surface area (Å²) in [7, 11) is 5.61. The first-order chi connectivity index (χ1) is 13.3. The number of carbonyl (C=O) groups is 1. The molecule has 1 aromatic carbocycles. The van der Waals surface area contributed by atoms with Gasteiger partial charge in [-0.05, 0) is 30.5 Å². The van der Waals surface area contributed by atoms with E-state index in [1.165, 1.54) is 5.56 Å². The number of carbonyl (C=O) groups excluding carboxylic acids is 1. The average molecular weight is 512 g/mol. The second-order valence-electron chi connectivity index (χ2n) is 7.17. The molecule has 0 bridgehead atoms. The van der Waals surface area contributed by atoms with Crippen LogP contribution >= 0.6 is 24.0 Å². The van der Waals surface area contributed by atoms with Crippen LogP contribution in [0.4, 0.5) is 0 Å². The lowest BCUT2D eigenvalue weighted by atomic mass is 10.1. The van der Waals surface area contributed by atoms with Gasteiger partial charge in [0.15, 0.2) is 5.96 Å². The van der Waals surface area contributed by atoms with Gasteiger partial charge < -0.3 is 15.5 Å². The van der Waals surface area contributed by atoms with Crippen LogP contribution in [0.25, 0.3) is 0 Å². The number of hydrogen-bond acceptors (Lipinski definition) is 3. The zero-order valence-corrected chi connectivity index (χ0v) is 20.5. The second kappa shape index (κ2) is 11.8. The van der Waals surface area contributed by atoms with Gasteiger partial charge in [0.1, 0.15) is 0 Å². The number of aromatic nitrogens is 2. The minimum Gasteiger partial charge on any atom is -0.357 e. The molecule has 0 saturated carbocycles. The molecular weight excluding hydrogens is 479 g/mol. The number of benzene rings is 1. The van der Waals surface area contributed by atoms with Crippen molar-refractivity contribution in [2.24, 2.45) is 12.0 Å². The first kappa shape index (κ1) is 24.9. The maximum absolute atomic E-state index is 11.8. The van der Waals surface area contributed by atoms with E-state index in [9.17, 15) is 4.79 Å². The van der Waals surface area contributed by atoms with Crippen molar-refractivity contribution in [2.45, 2.75) is 39.8 Å². The molecule has 1 heterocycles. The van der Waals surface area contributed by atoms with Gasteiger partial charge in [-0.25, -0.2) is 4.99 Å². The second-order valence-corrected chi connectivity index (χ2v) is 7.17. The van der Waals surface area contributed by atoms with Crippen LogP contribution in [0, 0.1) is 0 Å². The van der Waals surface area contributed by atoms with Crippen molar-refractivity contribution in [3.63, 3.8) is 0 Å². The molecule has 0 fully saturated rings. The summed E-state index contributed by atoms with van der Waals surface area (Å²) in [4.78, 5) is 18.7. The number of rotatable bonds is 7. The van der Waals surface area contributed by atoms with E-state index in [1.807, 2.05) is 37.0 Å². The summed E-state index contributed by atoms with van der Waals surface area (Å²) in [6, 6.07) is 7.55. The van der Waals surface area contributed by atoms with Crippen molar-refractivity contribution in [3.8, 4) is 0 Å². The number of aryl methyl sites for hydroxylation is 1. The molecule has 1 amide bonds. The summed E-state index contributed by atoms with van der Waals surface area (Å²) in [5.74, 6) is 1.11. The Kier molecular flexibility index (Phi) is 10.1. The Morgan fingerprint density at radius 1 is 1.34 bits per heavy atom. The molecule has 2 N–H and O–H groups in total. The third-order valence-electron chi connectivity index (χ3n) is 4.42. The van der Waals surface area contributed by atoms with Crippen molar-refractivity contribution in [2.75, 3.05) is 20.6 Å². The number of nitrogens with one attached hydrogen (secondary N) is 2. The largest absolute Gasteiger partial charge is 0.357 e. The smallest absolute Gasteiger partial charge is 0.251 e. The van der Waals surface area contributed by atoms with E-state index in [-0.39, 0.29) is 29.9 Å². The minimum absolute atomic E-state index is 0. The number of aliphatic imine (C=N–C) groups is 1. The summed E-state index contributed by atoms with van der Waals surface area (Å²) in [6.07, 6.45) is 2.07. The first-order valence-electron chi connectivity index (χ1n) is 9.68. The van der Waals surface area contributed by atoms with E-state index in [4.69, 9.17) is 4.99 Å². The van der Waals surface area contributed by atoms with E-state index in [0.29, 0.717) is 18.0 Å². The molecule has 0 aliphatic rings. The predicted octanol–water partition coefficient (Wildman–Crippen LogP) is 3.12. The number of amides is 1. The minimum atomic E-state index is -0.0901. The van der Waals surface area contributed by atoms with Gasteiger partial charge in [0, 0.05) is 51.6 Å². The van der Waals surface area contributed by atoms with Crippen LogP contribution in [-0.2, 0) is 20.1 Å². The highest BCUT2D eigenvalue weighted by molar-refractivity contribution is 14.0. The summed E-state index contributed by atoms with van der Waals surface area (Å²) >= 11 is 0. The van der Waals surface area contributed by atoms with Crippen LogP contribution < -0.4 is 10.6 Å². The Labute approximate surface area is 191 Å². The highest BCUT2D eigenvalue weighted by Crippen LogP contribution is 2.18. The third-order valence-corrected chi connectivity index (χ3v) is 4.42. The SMILES string of the molecule is CCNC(=NCc1cccc(C(=O)NC)c1)N(C)Cc1cn(C)nc1C(C)C.I. The highest BCUT2D eigenvalue weighted by atomic mass is 127. The van der Waals surface area contributed by atoms with Gasteiger partial charge in [0.25, 0.3) is 5.91 Å². The average Bonchev–Trinajstić information content (AvgIpc) is 3.05. The summed E-state index contributed by atoms with van der Waals surface area (Å²) in [6.45, 7) is 8.38. The molecule has 160 valence electrons. The fraction of sp³-hybridized carbons (Fsp3) is 0.476. The summed E-state index contributed by atoms with van der Waals surface area (Å²) < 4.78 is 1.87. The molecule has 0 aliphatic heterocycles. The normalized spacial score (nSPS) is 11.2. The Morgan fingerprint density at radius 2 is 2.07 bits per heavy atom. The summed E-state index contributed by atoms with van der Waals surface area (Å²) in [5, 5.41) is 10.6. The predicted molar refractivity (Wildman–Crippen MR) is 129 cm³/mol. The van der Waals surface area contributed by atoms with Gasteiger partial charge in [-0.15, -0.1) is 24.0 Å². The fourth-order valence-corrected chi connectivity index (χ4v) is 3.08. The molecule has 29 heavy (non-hydrogen) atoms. The number of guanidine groups is 1. The Balaban J connectivity index is 0.00000420. The third kappa shape index (κ3) is 7.02. The number of nitrogens with zero attached hydrogens (tertiary/aromatic N) is 4. The molecule has 0 unspecified atom stereocenters. The van der Waals surface area contributed by atoms with Crippen LogP contribution in [-0.4, -0.2) is 47.2 Å². The maximum Gasteiger partial charge on any atom is 0.251 e. The quantitative estimate of drug-likeness (QED) is 0.340. The van der Waals surface area contributed by atoms with Gasteiger partial charge >= 0.3 is 0 Å². The van der Waals surface area contributed by atoms with Crippen molar-refractivity contribution < 1.29 is 4.79 Å². The lowest BCUT2D eigenvalue weighted by molar-refractivity contribution is 0.0963. The van der Waals surface area contributed by atoms with Gasteiger partial charge in [-0.2, -0.15) is 5.10 Å². The van der Waals surface area contributed by atoms with Crippen LogP contribution in [0.2, 0.25) is 0 Å². The van der Waals surface area contributed by atoms with E-state index in [1.54, 1.807) is 13.1 Å². The zero-order chi connectivity index (χ0) is 20.7. The zero-order valence-electron chi connectivity index (χ0n) is 18.2.